The highest BCUT2D eigenvalue weighted by Gasteiger charge is 2.27. The van der Waals surface area contributed by atoms with E-state index in [0.29, 0.717) is 31.7 Å². The Kier molecular flexibility index (Phi) is 8.12. The van der Waals surface area contributed by atoms with E-state index < -0.39 is 18.6 Å². The molecule has 3 aromatic rings. The molecule has 2 aromatic carbocycles. The summed E-state index contributed by atoms with van der Waals surface area (Å²) in [6.45, 7) is 0.992. The number of hydrogen-bond donors (Lipinski definition) is 1. The molecule has 0 aliphatic carbocycles. The number of amides is 3. The first-order valence-corrected chi connectivity index (χ1v) is 11.7. The molecule has 1 aromatic heterocycles. The van der Waals surface area contributed by atoms with Gasteiger partial charge in [0.2, 0.25) is 0 Å². The zero-order valence-electron chi connectivity index (χ0n) is 19.7. The lowest BCUT2D eigenvalue weighted by Crippen LogP contribution is -2.51. The average molecular weight is 490 g/mol. The predicted octanol–water partition coefficient (Wildman–Crippen LogP) is 2.67. The molecule has 0 spiro atoms. The number of rotatable bonds is 8. The molecule has 2 heterocycles. The molecule has 186 valence electrons. The molecule has 0 saturated carbocycles. The van der Waals surface area contributed by atoms with Crippen LogP contribution in [0.4, 0.5) is 0 Å². The van der Waals surface area contributed by atoms with E-state index >= 15 is 0 Å². The van der Waals surface area contributed by atoms with E-state index in [9.17, 15) is 19.2 Å². The van der Waals surface area contributed by atoms with E-state index in [0.717, 1.165) is 5.56 Å². The van der Waals surface area contributed by atoms with Gasteiger partial charge in [-0.3, -0.25) is 19.2 Å². The summed E-state index contributed by atoms with van der Waals surface area (Å²) in [5.41, 5.74) is 1.23. The molecular formula is C27H27N3O6. The van der Waals surface area contributed by atoms with Gasteiger partial charge in [0.05, 0.1) is 18.7 Å². The van der Waals surface area contributed by atoms with Crippen LogP contribution in [-0.2, 0) is 14.3 Å². The van der Waals surface area contributed by atoms with Gasteiger partial charge in [-0.05, 0) is 29.8 Å². The van der Waals surface area contributed by atoms with Crippen LogP contribution in [0.5, 0.6) is 0 Å². The molecule has 1 saturated heterocycles. The maximum absolute atomic E-state index is 12.7. The molecule has 1 aliphatic rings. The number of hydrogen-bond acceptors (Lipinski definition) is 6. The van der Waals surface area contributed by atoms with Gasteiger partial charge < -0.3 is 24.3 Å². The van der Waals surface area contributed by atoms with Crippen molar-refractivity contribution in [3.63, 3.8) is 0 Å². The summed E-state index contributed by atoms with van der Waals surface area (Å²) in [6.07, 6.45) is 1.32. The molecule has 9 nitrogen and oxygen atoms in total. The van der Waals surface area contributed by atoms with Crippen molar-refractivity contribution in [1.82, 2.24) is 15.1 Å². The van der Waals surface area contributed by atoms with Crippen molar-refractivity contribution in [1.29, 1.82) is 0 Å². The Bertz CT molecular complexity index is 1170. The van der Waals surface area contributed by atoms with Crippen molar-refractivity contribution in [2.75, 3.05) is 32.8 Å². The van der Waals surface area contributed by atoms with Gasteiger partial charge in [0.1, 0.15) is 0 Å². The molecule has 3 amide bonds. The fraction of sp³-hybridized carbons (Fsp3) is 0.259. The SMILES string of the molecule is O=C(CC(NC(=O)c1ccccc1)c1ccccc1)OCC(=O)N1CCN(C(=O)c2ccco2)CC1. The topological polar surface area (TPSA) is 109 Å². The summed E-state index contributed by atoms with van der Waals surface area (Å²) >= 11 is 0. The Morgan fingerprint density at radius 1 is 0.833 bits per heavy atom. The van der Waals surface area contributed by atoms with Crippen LogP contribution in [0.3, 0.4) is 0 Å². The summed E-state index contributed by atoms with van der Waals surface area (Å²) in [6, 6.07) is 20.5. The third-order valence-electron chi connectivity index (χ3n) is 5.92. The zero-order chi connectivity index (χ0) is 25.3. The predicted molar refractivity (Wildman–Crippen MR) is 130 cm³/mol. The van der Waals surface area contributed by atoms with Crippen LogP contribution < -0.4 is 5.32 Å². The fourth-order valence-electron chi connectivity index (χ4n) is 3.94. The Hall–Kier alpha value is -4.40. The van der Waals surface area contributed by atoms with E-state index in [4.69, 9.17) is 9.15 Å². The zero-order valence-corrected chi connectivity index (χ0v) is 19.7. The van der Waals surface area contributed by atoms with E-state index in [1.54, 1.807) is 46.2 Å². The highest BCUT2D eigenvalue weighted by atomic mass is 16.5. The number of carbonyl (C=O) groups is 4. The second kappa shape index (κ2) is 11.8. The number of furan rings is 1. The number of piperazine rings is 1. The maximum Gasteiger partial charge on any atom is 0.308 e. The molecule has 1 aliphatic heterocycles. The smallest absolute Gasteiger partial charge is 0.308 e. The van der Waals surface area contributed by atoms with Crippen LogP contribution in [-0.4, -0.2) is 66.3 Å². The van der Waals surface area contributed by atoms with Crippen molar-refractivity contribution in [2.45, 2.75) is 12.5 Å². The summed E-state index contributed by atoms with van der Waals surface area (Å²) in [5, 5.41) is 2.88. The highest BCUT2D eigenvalue weighted by molar-refractivity contribution is 5.94. The molecule has 1 atom stereocenters. The standard InChI is InChI=1S/C27H27N3O6/c31-24(29-13-15-30(16-14-29)27(34)23-12-7-17-35-23)19-36-25(32)18-22(20-8-3-1-4-9-20)28-26(33)21-10-5-2-6-11-21/h1-12,17,22H,13-16,18-19H2,(H,28,33). The molecule has 0 bridgehead atoms. The first-order chi connectivity index (χ1) is 17.5. The second-order valence-electron chi connectivity index (χ2n) is 8.32. The Balaban J connectivity index is 1.28. The molecule has 1 N–H and O–H groups in total. The lowest BCUT2D eigenvalue weighted by atomic mass is 10.0. The highest BCUT2D eigenvalue weighted by Crippen LogP contribution is 2.18. The number of ether oxygens (including phenoxy) is 1. The van der Waals surface area contributed by atoms with Crippen molar-refractivity contribution in [3.05, 3.63) is 95.9 Å². The monoisotopic (exact) mass is 489 g/mol. The number of nitrogens with one attached hydrogen (secondary N) is 1. The maximum atomic E-state index is 12.7. The molecule has 9 heteroatoms. The average Bonchev–Trinajstić information content (AvgIpc) is 3.47. The van der Waals surface area contributed by atoms with Crippen LogP contribution in [0.25, 0.3) is 0 Å². The minimum atomic E-state index is -0.613. The van der Waals surface area contributed by atoms with Crippen LogP contribution in [0.2, 0.25) is 0 Å². The number of nitrogens with zero attached hydrogens (tertiary/aromatic N) is 2. The number of carbonyl (C=O) groups excluding carboxylic acids is 4. The van der Waals surface area contributed by atoms with Crippen LogP contribution in [0.1, 0.15) is 38.9 Å². The third kappa shape index (κ3) is 6.38. The molecule has 1 unspecified atom stereocenters. The van der Waals surface area contributed by atoms with E-state index in [2.05, 4.69) is 5.32 Å². The van der Waals surface area contributed by atoms with Crippen molar-refractivity contribution in [3.8, 4) is 0 Å². The lowest BCUT2D eigenvalue weighted by molar-refractivity contribution is -0.153. The van der Waals surface area contributed by atoms with Gasteiger partial charge in [0.15, 0.2) is 12.4 Å². The number of benzene rings is 2. The third-order valence-corrected chi connectivity index (χ3v) is 5.92. The van der Waals surface area contributed by atoms with Crippen molar-refractivity contribution >= 4 is 23.7 Å². The second-order valence-corrected chi connectivity index (χ2v) is 8.32. The van der Waals surface area contributed by atoms with Gasteiger partial charge in [0, 0.05) is 31.7 Å². The lowest BCUT2D eigenvalue weighted by Gasteiger charge is -2.34. The summed E-state index contributed by atoms with van der Waals surface area (Å²) in [4.78, 5) is 53.4. The first kappa shape index (κ1) is 24.7. The molecule has 36 heavy (non-hydrogen) atoms. The Morgan fingerprint density at radius 2 is 1.47 bits per heavy atom. The van der Waals surface area contributed by atoms with Gasteiger partial charge in [0.25, 0.3) is 17.7 Å². The summed E-state index contributed by atoms with van der Waals surface area (Å²) < 4.78 is 10.4. The van der Waals surface area contributed by atoms with Crippen LogP contribution in [0, 0.1) is 0 Å². The van der Waals surface area contributed by atoms with Crippen molar-refractivity contribution < 1.29 is 28.3 Å². The Labute approximate surface area is 208 Å². The van der Waals surface area contributed by atoms with Crippen LogP contribution >= 0.6 is 0 Å². The largest absolute Gasteiger partial charge is 0.459 e. The summed E-state index contributed by atoms with van der Waals surface area (Å²) in [7, 11) is 0. The van der Waals surface area contributed by atoms with Gasteiger partial charge in [-0.1, -0.05) is 48.5 Å². The van der Waals surface area contributed by atoms with Gasteiger partial charge in [-0.2, -0.15) is 0 Å². The first-order valence-electron chi connectivity index (χ1n) is 11.7. The van der Waals surface area contributed by atoms with Crippen molar-refractivity contribution in [2.24, 2.45) is 0 Å². The van der Waals surface area contributed by atoms with E-state index in [1.165, 1.54) is 6.26 Å². The van der Waals surface area contributed by atoms with E-state index in [-0.39, 0.29) is 29.9 Å². The van der Waals surface area contributed by atoms with Gasteiger partial charge in [-0.25, -0.2) is 0 Å². The normalized spacial score (nSPS) is 14.1. The van der Waals surface area contributed by atoms with Gasteiger partial charge in [-0.15, -0.1) is 0 Å². The van der Waals surface area contributed by atoms with Crippen LogP contribution in [0.15, 0.2) is 83.5 Å². The molecule has 0 radical (unpaired) electrons. The van der Waals surface area contributed by atoms with Gasteiger partial charge >= 0.3 is 5.97 Å². The van der Waals surface area contributed by atoms with E-state index in [1.807, 2.05) is 36.4 Å². The summed E-state index contributed by atoms with van der Waals surface area (Å²) in [5.74, 6) is -1.20. The molecule has 1 fully saturated rings. The number of esters is 1. The molecular weight excluding hydrogens is 462 g/mol. The minimum Gasteiger partial charge on any atom is -0.459 e. The molecule has 4 rings (SSSR count). The quantitative estimate of drug-likeness (QED) is 0.488. The Morgan fingerprint density at radius 3 is 2.11 bits per heavy atom. The minimum absolute atomic E-state index is 0.124. The fourth-order valence-corrected chi connectivity index (χ4v) is 3.94.